The zero-order valence-electron chi connectivity index (χ0n) is 32.3. The first-order chi connectivity index (χ1) is 26.4. The van der Waals surface area contributed by atoms with Crippen LogP contribution in [0.1, 0.15) is 88.2 Å². The molecule has 3 fully saturated rings. The van der Waals surface area contributed by atoms with Gasteiger partial charge in [-0.2, -0.15) is 0 Å². The van der Waals surface area contributed by atoms with Crippen molar-refractivity contribution in [1.82, 2.24) is 4.90 Å². The Morgan fingerprint density at radius 3 is 1.84 bits per heavy atom. The summed E-state index contributed by atoms with van der Waals surface area (Å²) in [6, 6.07) is 3.13. The molecule has 5 aliphatic rings. The molecule has 3 amide bonds. The summed E-state index contributed by atoms with van der Waals surface area (Å²) in [5, 5.41) is 56.6. The van der Waals surface area contributed by atoms with Crippen molar-refractivity contribution < 1.29 is 55.0 Å². The SMILES string of the molecule is C[C@H]1c2cccc(O)c2C(O)=C2C(=O)[C@]3(O)C(O)=C(C(N)=O)C(=O)[C@@H](N(C)C)[C@@H]3[C@@H](O)[C@@H]21.NC(=O)CCCC[C@@H]1CCSS1.NC(=O)CCCC[C@@H]1CCSS1.O. The molecule has 19 heteroatoms. The van der Waals surface area contributed by atoms with Crippen molar-refractivity contribution in [3.63, 3.8) is 0 Å². The van der Waals surface area contributed by atoms with E-state index in [1.165, 1.54) is 62.3 Å². The first kappa shape index (κ1) is 48.5. The van der Waals surface area contributed by atoms with E-state index in [9.17, 15) is 49.5 Å². The Balaban J connectivity index is 0.000000285. The second-order valence-electron chi connectivity index (χ2n) is 14.9. The molecular weight excluding hydrogens is 817 g/mol. The van der Waals surface area contributed by atoms with E-state index in [1.54, 1.807) is 19.1 Å². The van der Waals surface area contributed by atoms with Crippen LogP contribution in [0.5, 0.6) is 5.75 Å². The third-order valence-corrected chi connectivity index (χ3v) is 16.9. The van der Waals surface area contributed by atoms with Crippen LogP contribution in [0.4, 0.5) is 0 Å². The highest BCUT2D eigenvalue weighted by molar-refractivity contribution is 8.77. The van der Waals surface area contributed by atoms with E-state index in [-0.39, 0.29) is 28.6 Å². The van der Waals surface area contributed by atoms with Gasteiger partial charge >= 0.3 is 0 Å². The predicted molar refractivity (Wildman–Crippen MR) is 226 cm³/mol. The molecule has 1 saturated carbocycles. The monoisotopic (exact) mass is 872 g/mol. The summed E-state index contributed by atoms with van der Waals surface area (Å²) < 4.78 is 0. The lowest BCUT2D eigenvalue weighted by Crippen LogP contribution is -2.70. The van der Waals surface area contributed by atoms with Gasteiger partial charge in [-0.1, -0.05) is 75.1 Å². The number of likely N-dealkylation sites (N-methyl/N-ethyl adjacent to an activating group) is 1. The van der Waals surface area contributed by atoms with E-state index in [1.807, 2.05) is 43.2 Å². The molecule has 13 N–H and O–H groups in total. The van der Waals surface area contributed by atoms with Gasteiger partial charge in [-0.05, 0) is 70.2 Å². The zero-order chi connectivity index (χ0) is 41.5. The quantitative estimate of drug-likeness (QED) is 0.0851. The number of aromatic hydroxyl groups is 1. The fraction of sp³-hybridized carbons (Fsp3) is 0.605. The molecule has 57 heavy (non-hydrogen) atoms. The average Bonchev–Trinajstić information content (AvgIpc) is 3.86. The van der Waals surface area contributed by atoms with E-state index in [2.05, 4.69) is 0 Å². The van der Waals surface area contributed by atoms with Gasteiger partial charge in [0.2, 0.25) is 17.6 Å². The zero-order valence-corrected chi connectivity index (χ0v) is 35.6. The largest absolute Gasteiger partial charge is 0.508 e. The molecule has 2 saturated heterocycles. The van der Waals surface area contributed by atoms with Gasteiger partial charge in [0.25, 0.3) is 5.91 Å². The smallest absolute Gasteiger partial charge is 0.255 e. The summed E-state index contributed by atoms with van der Waals surface area (Å²) in [7, 11) is 10.9. The highest BCUT2D eigenvalue weighted by Crippen LogP contribution is 2.56. The normalized spacial score (nSPS) is 28.9. The standard InChI is InChI=1S/C22H24N2O8.2C8H15NOS2.H2O/c1-7-8-5-4-6-9(25)11(8)16(26)12-10(7)17(27)14-15(24(2)3)18(28)13(21(23)31)20(30)22(14,32)19(12)29;2*9-8(10)4-2-1-3-7-5-6-11-12-7;/h4-7,10,14-15,17,25-27,30,32H,1-3H3,(H2,23,31);2*7H,1-6H2,(H2,9,10);1H2/t7-,10+,14+,15-,17-,22-;2*7-;/m011./s1. The van der Waals surface area contributed by atoms with Crippen LogP contribution in [0.25, 0.3) is 5.76 Å². The van der Waals surface area contributed by atoms with Crippen molar-refractivity contribution in [3.05, 3.63) is 46.2 Å². The molecule has 0 unspecified atom stereocenters. The number of nitrogens with zero attached hydrogens (tertiary/aromatic N) is 1. The van der Waals surface area contributed by atoms with Gasteiger partial charge in [0.15, 0.2) is 11.4 Å². The number of nitrogens with two attached hydrogens (primary N) is 3. The number of aliphatic hydroxyl groups excluding tert-OH is 3. The van der Waals surface area contributed by atoms with E-state index >= 15 is 0 Å². The average molecular weight is 873 g/mol. The fourth-order valence-corrected chi connectivity index (χ4v) is 14.1. The number of rotatable bonds is 12. The predicted octanol–water partition coefficient (Wildman–Crippen LogP) is 3.04. The number of fused-ring (bicyclic) bond motifs is 3. The second-order valence-corrected chi connectivity index (χ2v) is 20.4. The van der Waals surface area contributed by atoms with E-state index < -0.39 is 75.6 Å². The molecule has 8 atom stereocenters. The number of benzene rings is 1. The molecule has 6 rings (SSSR count). The van der Waals surface area contributed by atoms with Gasteiger partial charge in [0, 0.05) is 46.3 Å². The number of ketones is 2. The third kappa shape index (κ3) is 10.8. The number of aliphatic hydroxyl groups is 4. The number of carbonyl (C=O) groups excluding carboxylic acids is 5. The number of amides is 3. The number of unbranched alkanes of at least 4 members (excludes halogenated alkanes) is 2. The summed E-state index contributed by atoms with van der Waals surface area (Å²) in [6.07, 6.45) is 8.97. The van der Waals surface area contributed by atoms with Gasteiger partial charge in [-0.25, -0.2) is 0 Å². The molecule has 1 aromatic rings. The third-order valence-electron chi connectivity index (χ3n) is 10.8. The van der Waals surface area contributed by atoms with Crippen LogP contribution in [-0.2, 0) is 24.0 Å². The topological polar surface area (TPSA) is 299 Å². The minimum Gasteiger partial charge on any atom is -0.508 e. The lowest BCUT2D eigenvalue weighted by Gasteiger charge is -2.53. The highest BCUT2D eigenvalue weighted by Gasteiger charge is 2.68. The van der Waals surface area contributed by atoms with Gasteiger partial charge in [0.05, 0.1) is 23.6 Å². The van der Waals surface area contributed by atoms with E-state index in [0.717, 1.165) is 36.2 Å². The van der Waals surface area contributed by atoms with Crippen LogP contribution in [0.2, 0.25) is 0 Å². The number of primary amides is 3. The van der Waals surface area contributed by atoms with Gasteiger partial charge in [-0.3, -0.25) is 28.9 Å². The summed E-state index contributed by atoms with van der Waals surface area (Å²) >= 11 is 0. The number of hydrogen-bond acceptors (Lipinski definition) is 15. The van der Waals surface area contributed by atoms with Crippen LogP contribution in [0.3, 0.4) is 0 Å². The van der Waals surface area contributed by atoms with Crippen molar-refractivity contribution in [2.45, 2.75) is 105 Å². The molecular formula is C38H56N4O11S4. The molecule has 0 bridgehead atoms. The molecule has 15 nitrogen and oxygen atoms in total. The van der Waals surface area contributed by atoms with Crippen LogP contribution in [0, 0.1) is 11.8 Å². The maximum absolute atomic E-state index is 13.7. The minimum atomic E-state index is -2.89. The van der Waals surface area contributed by atoms with E-state index in [4.69, 9.17) is 17.2 Å². The second kappa shape index (κ2) is 21.4. The Kier molecular flexibility index (Phi) is 18.2. The number of hydrogen-bond donors (Lipinski definition) is 8. The van der Waals surface area contributed by atoms with Crippen LogP contribution < -0.4 is 17.2 Å². The number of phenolic OH excluding ortho intramolecular Hbond substituents is 1. The Morgan fingerprint density at radius 1 is 0.877 bits per heavy atom. The van der Waals surface area contributed by atoms with Crippen molar-refractivity contribution in [1.29, 1.82) is 0 Å². The summed E-state index contributed by atoms with van der Waals surface area (Å²) in [5.74, 6) is -6.60. The molecule has 1 aromatic carbocycles. The Labute approximate surface area is 348 Å². The maximum atomic E-state index is 13.7. The molecule has 318 valence electrons. The van der Waals surface area contributed by atoms with Crippen molar-refractivity contribution in [2.24, 2.45) is 29.0 Å². The first-order valence-corrected chi connectivity index (χ1v) is 23.5. The molecule has 0 spiro atoms. The molecule has 3 aliphatic carbocycles. The summed E-state index contributed by atoms with van der Waals surface area (Å²) in [6.45, 7) is 1.68. The highest BCUT2D eigenvalue weighted by atomic mass is 33.1. The molecule has 2 aliphatic heterocycles. The first-order valence-electron chi connectivity index (χ1n) is 18.7. The van der Waals surface area contributed by atoms with Crippen LogP contribution >= 0.6 is 43.2 Å². The van der Waals surface area contributed by atoms with E-state index in [0.29, 0.717) is 18.4 Å². The minimum absolute atomic E-state index is 0. The fourth-order valence-electron chi connectivity index (χ4n) is 8.05. The molecule has 2 heterocycles. The van der Waals surface area contributed by atoms with Gasteiger partial charge in [-0.15, -0.1) is 0 Å². The number of Topliss-reactive ketones (excluding diaryl/α,β-unsaturated/α-hetero) is 2. The number of phenols is 1. The lowest BCUT2D eigenvalue weighted by molar-refractivity contribution is -0.169. The van der Waals surface area contributed by atoms with Crippen molar-refractivity contribution in [3.8, 4) is 5.75 Å². The van der Waals surface area contributed by atoms with Gasteiger partial charge < -0.3 is 48.2 Å². The molecule has 0 radical (unpaired) electrons. The Bertz CT molecular complexity index is 1680. The van der Waals surface area contributed by atoms with Crippen LogP contribution in [-0.4, -0.2) is 119 Å². The molecule has 0 aromatic heterocycles. The lowest BCUT2D eigenvalue weighted by atomic mass is 9.54. The summed E-state index contributed by atoms with van der Waals surface area (Å²) in [5.41, 5.74) is 11.5. The van der Waals surface area contributed by atoms with Gasteiger partial charge in [0.1, 0.15) is 22.8 Å². The maximum Gasteiger partial charge on any atom is 0.255 e. The Hall–Kier alpha value is -2.91. The van der Waals surface area contributed by atoms with Crippen LogP contribution in [0.15, 0.2) is 35.1 Å². The Morgan fingerprint density at radius 2 is 1.40 bits per heavy atom. The van der Waals surface area contributed by atoms with Crippen molar-refractivity contribution in [2.75, 3.05) is 25.6 Å². The number of carbonyl (C=O) groups is 5. The van der Waals surface area contributed by atoms with Crippen molar-refractivity contribution >= 4 is 78.2 Å². The summed E-state index contributed by atoms with van der Waals surface area (Å²) in [4.78, 5) is 60.8.